The Hall–Kier alpha value is -0.850. The SMILES string of the molecule is CCc1cc2c(cn1)CCC21CCCC1. The number of rotatable bonds is 1. The summed E-state index contributed by atoms with van der Waals surface area (Å²) in [5.74, 6) is 0. The van der Waals surface area contributed by atoms with E-state index in [1.54, 1.807) is 5.56 Å². The minimum absolute atomic E-state index is 0.572. The van der Waals surface area contributed by atoms with Crippen molar-refractivity contribution >= 4 is 0 Å². The number of aromatic nitrogens is 1. The first-order valence-electron chi connectivity index (χ1n) is 6.32. The zero-order valence-corrected chi connectivity index (χ0v) is 9.55. The number of nitrogens with zero attached hydrogens (tertiary/aromatic N) is 1. The molecule has 1 heteroatoms. The highest BCUT2D eigenvalue weighted by molar-refractivity contribution is 5.39. The number of fused-ring (bicyclic) bond motifs is 2. The zero-order chi connectivity index (χ0) is 10.3. The van der Waals surface area contributed by atoms with E-state index in [2.05, 4.69) is 24.2 Å². The predicted molar refractivity (Wildman–Crippen MR) is 62.1 cm³/mol. The zero-order valence-electron chi connectivity index (χ0n) is 9.55. The van der Waals surface area contributed by atoms with Crippen LogP contribution in [0.4, 0.5) is 0 Å². The Labute approximate surface area is 91.9 Å². The van der Waals surface area contributed by atoms with Crippen LogP contribution in [0.15, 0.2) is 12.3 Å². The Morgan fingerprint density at radius 3 is 2.80 bits per heavy atom. The lowest BCUT2D eigenvalue weighted by Gasteiger charge is -2.24. The standard InChI is InChI=1S/C14H19N/c1-2-12-9-13-11(10-15-12)5-8-14(13)6-3-4-7-14/h9-10H,2-8H2,1H3. The van der Waals surface area contributed by atoms with Crippen molar-refractivity contribution in [1.82, 2.24) is 4.98 Å². The summed E-state index contributed by atoms with van der Waals surface area (Å²) in [6.45, 7) is 2.20. The third-order valence-electron chi connectivity index (χ3n) is 4.41. The molecule has 0 N–H and O–H groups in total. The van der Waals surface area contributed by atoms with Crippen molar-refractivity contribution < 1.29 is 0 Å². The fourth-order valence-electron chi connectivity index (χ4n) is 3.49. The molecule has 2 aliphatic rings. The summed E-state index contributed by atoms with van der Waals surface area (Å²) in [7, 11) is 0. The van der Waals surface area contributed by atoms with Crippen molar-refractivity contribution in [3.8, 4) is 0 Å². The van der Waals surface area contributed by atoms with E-state index in [-0.39, 0.29) is 0 Å². The third-order valence-corrected chi connectivity index (χ3v) is 4.41. The highest BCUT2D eigenvalue weighted by Gasteiger charge is 2.40. The quantitative estimate of drug-likeness (QED) is 0.678. The van der Waals surface area contributed by atoms with E-state index in [0.29, 0.717) is 5.41 Å². The van der Waals surface area contributed by atoms with Gasteiger partial charge in [-0.15, -0.1) is 0 Å². The average molecular weight is 201 g/mol. The molecule has 0 bridgehead atoms. The smallest absolute Gasteiger partial charge is 0.0404 e. The van der Waals surface area contributed by atoms with E-state index < -0.39 is 0 Å². The molecule has 1 saturated carbocycles. The molecule has 0 atom stereocenters. The fourth-order valence-corrected chi connectivity index (χ4v) is 3.49. The molecule has 0 saturated heterocycles. The van der Waals surface area contributed by atoms with Gasteiger partial charge >= 0.3 is 0 Å². The van der Waals surface area contributed by atoms with Crippen molar-refractivity contribution in [2.45, 2.75) is 57.3 Å². The molecular formula is C14H19N. The van der Waals surface area contributed by atoms with Crippen LogP contribution in [-0.4, -0.2) is 4.98 Å². The van der Waals surface area contributed by atoms with Crippen LogP contribution in [0.2, 0.25) is 0 Å². The molecule has 0 aliphatic heterocycles. The Balaban J connectivity index is 2.07. The van der Waals surface area contributed by atoms with E-state index in [4.69, 9.17) is 0 Å². The highest BCUT2D eigenvalue weighted by Crippen LogP contribution is 2.49. The number of pyridine rings is 1. The number of hydrogen-bond donors (Lipinski definition) is 0. The molecule has 1 fully saturated rings. The predicted octanol–water partition coefficient (Wildman–Crippen LogP) is 3.40. The maximum Gasteiger partial charge on any atom is 0.0404 e. The van der Waals surface area contributed by atoms with Gasteiger partial charge in [0.25, 0.3) is 0 Å². The van der Waals surface area contributed by atoms with Gasteiger partial charge in [0, 0.05) is 11.9 Å². The summed E-state index contributed by atoms with van der Waals surface area (Å²) < 4.78 is 0. The van der Waals surface area contributed by atoms with Gasteiger partial charge in [0.1, 0.15) is 0 Å². The molecule has 1 spiro atoms. The van der Waals surface area contributed by atoms with Gasteiger partial charge in [-0.2, -0.15) is 0 Å². The molecule has 0 aromatic carbocycles. The van der Waals surface area contributed by atoms with Crippen LogP contribution in [0.3, 0.4) is 0 Å². The van der Waals surface area contributed by atoms with E-state index in [1.165, 1.54) is 49.8 Å². The first-order chi connectivity index (χ1) is 7.34. The molecule has 1 nitrogen and oxygen atoms in total. The monoisotopic (exact) mass is 201 g/mol. The minimum atomic E-state index is 0.572. The highest BCUT2D eigenvalue weighted by atomic mass is 14.7. The summed E-state index contributed by atoms with van der Waals surface area (Å²) >= 11 is 0. The average Bonchev–Trinajstić information content (AvgIpc) is 2.89. The molecule has 2 aliphatic carbocycles. The van der Waals surface area contributed by atoms with Crippen LogP contribution in [0, 0.1) is 0 Å². The molecule has 1 heterocycles. The summed E-state index contributed by atoms with van der Waals surface area (Å²) in [6, 6.07) is 2.40. The number of aryl methyl sites for hydroxylation is 2. The van der Waals surface area contributed by atoms with Crippen LogP contribution in [0.5, 0.6) is 0 Å². The first-order valence-corrected chi connectivity index (χ1v) is 6.32. The second-order valence-corrected chi connectivity index (χ2v) is 5.17. The van der Waals surface area contributed by atoms with Gasteiger partial charge in [-0.1, -0.05) is 19.8 Å². The Bertz CT molecular complexity index is 375. The molecule has 15 heavy (non-hydrogen) atoms. The van der Waals surface area contributed by atoms with E-state index in [0.717, 1.165) is 6.42 Å². The molecule has 80 valence electrons. The molecule has 1 aromatic rings. The molecule has 0 unspecified atom stereocenters. The maximum atomic E-state index is 4.52. The van der Waals surface area contributed by atoms with Crippen LogP contribution in [0.25, 0.3) is 0 Å². The van der Waals surface area contributed by atoms with Crippen molar-refractivity contribution in [3.63, 3.8) is 0 Å². The lowest BCUT2D eigenvalue weighted by atomic mass is 9.80. The van der Waals surface area contributed by atoms with E-state index in [9.17, 15) is 0 Å². The molecule has 0 radical (unpaired) electrons. The Kier molecular flexibility index (Phi) is 2.08. The third kappa shape index (κ3) is 1.32. The van der Waals surface area contributed by atoms with Gasteiger partial charge in [0.15, 0.2) is 0 Å². The second-order valence-electron chi connectivity index (χ2n) is 5.17. The summed E-state index contributed by atoms with van der Waals surface area (Å²) in [6.07, 6.45) is 11.6. The van der Waals surface area contributed by atoms with Crippen LogP contribution < -0.4 is 0 Å². The Morgan fingerprint density at radius 1 is 1.27 bits per heavy atom. The minimum Gasteiger partial charge on any atom is -0.261 e. The van der Waals surface area contributed by atoms with Crippen molar-refractivity contribution in [2.75, 3.05) is 0 Å². The van der Waals surface area contributed by atoms with Gasteiger partial charge < -0.3 is 0 Å². The lowest BCUT2D eigenvalue weighted by molar-refractivity contribution is 0.438. The van der Waals surface area contributed by atoms with Crippen molar-refractivity contribution in [1.29, 1.82) is 0 Å². The largest absolute Gasteiger partial charge is 0.261 e. The summed E-state index contributed by atoms with van der Waals surface area (Å²) in [4.78, 5) is 4.52. The molecule has 1 aromatic heterocycles. The maximum absolute atomic E-state index is 4.52. The van der Waals surface area contributed by atoms with Crippen LogP contribution >= 0.6 is 0 Å². The summed E-state index contributed by atoms with van der Waals surface area (Å²) in [5.41, 5.74) is 5.05. The van der Waals surface area contributed by atoms with Gasteiger partial charge in [0.2, 0.25) is 0 Å². The molecule has 3 rings (SSSR count). The van der Waals surface area contributed by atoms with Crippen molar-refractivity contribution in [3.05, 3.63) is 29.1 Å². The van der Waals surface area contributed by atoms with Crippen LogP contribution in [-0.2, 0) is 18.3 Å². The topological polar surface area (TPSA) is 12.9 Å². The lowest BCUT2D eigenvalue weighted by Crippen LogP contribution is -2.18. The van der Waals surface area contributed by atoms with Crippen LogP contribution in [0.1, 0.15) is 55.8 Å². The summed E-state index contributed by atoms with van der Waals surface area (Å²) in [5, 5.41) is 0. The fraction of sp³-hybridized carbons (Fsp3) is 0.643. The molecular weight excluding hydrogens is 182 g/mol. The van der Waals surface area contributed by atoms with Gasteiger partial charge in [-0.3, -0.25) is 4.98 Å². The molecule has 0 amide bonds. The van der Waals surface area contributed by atoms with Crippen molar-refractivity contribution in [2.24, 2.45) is 0 Å². The normalized spacial score (nSPS) is 22.2. The number of hydrogen-bond acceptors (Lipinski definition) is 1. The van der Waals surface area contributed by atoms with Gasteiger partial charge in [-0.05, 0) is 54.7 Å². The van der Waals surface area contributed by atoms with E-state index >= 15 is 0 Å². The Morgan fingerprint density at radius 2 is 2.07 bits per heavy atom. The first kappa shape index (κ1) is 9.38. The second kappa shape index (κ2) is 3.33. The van der Waals surface area contributed by atoms with E-state index in [1.807, 2.05) is 0 Å². The van der Waals surface area contributed by atoms with Gasteiger partial charge in [-0.25, -0.2) is 0 Å². The van der Waals surface area contributed by atoms with Gasteiger partial charge in [0.05, 0.1) is 0 Å².